The van der Waals surface area contributed by atoms with Gasteiger partial charge in [0, 0.05) is 18.4 Å². The largest absolute Gasteiger partial charge is 0.493 e. The molecule has 31 heavy (non-hydrogen) atoms. The number of hydrogen-bond acceptors (Lipinski definition) is 6. The lowest BCUT2D eigenvalue weighted by atomic mass is 9.94. The zero-order chi connectivity index (χ0) is 22.6. The fraction of sp³-hybridized carbons (Fsp3) is 0.273. The van der Waals surface area contributed by atoms with Gasteiger partial charge in [-0.3, -0.25) is 9.10 Å². The second kappa shape index (κ2) is 9.10. The van der Waals surface area contributed by atoms with E-state index in [2.05, 4.69) is 16.4 Å². The number of hydrazone groups is 1. The molecule has 0 saturated carbocycles. The van der Waals surface area contributed by atoms with Gasteiger partial charge in [-0.2, -0.15) is 5.10 Å². The topological polar surface area (TPSA) is 97.3 Å². The molecule has 2 aromatic carbocycles. The number of carbonyl (C=O) groups excluding carboxylic acids is 1. The molecule has 0 radical (unpaired) electrons. The second-order valence-corrected chi connectivity index (χ2v) is 8.78. The van der Waals surface area contributed by atoms with Crippen molar-refractivity contribution >= 4 is 27.3 Å². The van der Waals surface area contributed by atoms with Gasteiger partial charge in [0.25, 0.3) is 10.0 Å². The molecule has 9 heteroatoms. The summed E-state index contributed by atoms with van der Waals surface area (Å²) in [6.45, 7) is 1.76. The number of nitrogens with zero attached hydrogens (tertiary/aromatic N) is 2. The van der Waals surface area contributed by atoms with Crippen molar-refractivity contribution in [2.45, 2.75) is 18.2 Å². The molecule has 162 valence electrons. The first-order valence-electron chi connectivity index (χ1n) is 9.47. The Morgan fingerprint density at radius 1 is 1.16 bits per heavy atom. The molecule has 0 aliphatic carbocycles. The highest BCUT2D eigenvalue weighted by Gasteiger charge is 2.27. The summed E-state index contributed by atoms with van der Waals surface area (Å²) in [5.74, 6) is 2.95. The van der Waals surface area contributed by atoms with Crippen LogP contribution in [0.3, 0.4) is 0 Å². The fourth-order valence-electron chi connectivity index (χ4n) is 3.30. The Bertz CT molecular complexity index is 1150. The summed E-state index contributed by atoms with van der Waals surface area (Å²) in [4.78, 5) is 11.5. The van der Waals surface area contributed by atoms with Gasteiger partial charge in [-0.1, -0.05) is 25.0 Å². The zero-order valence-electron chi connectivity index (χ0n) is 17.5. The Labute approximate surface area is 181 Å². The quantitative estimate of drug-likeness (QED) is 0.666. The van der Waals surface area contributed by atoms with Gasteiger partial charge in [-0.05, 0) is 29.8 Å². The number of hydrogen-bond donors (Lipinski definition) is 1. The van der Waals surface area contributed by atoms with Crippen molar-refractivity contribution in [1.29, 1.82) is 0 Å². The average Bonchev–Trinajstić information content (AvgIpc) is 2.77. The van der Waals surface area contributed by atoms with E-state index in [-0.39, 0.29) is 23.3 Å². The van der Waals surface area contributed by atoms with Crippen molar-refractivity contribution in [2.24, 2.45) is 11.0 Å². The summed E-state index contributed by atoms with van der Waals surface area (Å²) in [5, 5.41) is 4.13. The summed E-state index contributed by atoms with van der Waals surface area (Å²) in [6, 6.07) is 11.2. The molecule has 0 fully saturated rings. The third-order valence-electron chi connectivity index (χ3n) is 4.89. The van der Waals surface area contributed by atoms with E-state index in [0.29, 0.717) is 23.6 Å². The van der Waals surface area contributed by atoms with E-state index in [1.165, 1.54) is 32.4 Å². The van der Waals surface area contributed by atoms with E-state index in [9.17, 15) is 13.2 Å². The zero-order valence-corrected chi connectivity index (χ0v) is 18.3. The van der Waals surface area contributed by atoms with Crippen LogP contribution in [0.5, 0.6) is 11.5 Å². The van der Waals surface area contributed by atoms with Crippen LogP contribution in [-0.4, -0.2) is 40.8 Å². The minimum Gasteiger partial charge on any atom is -0.493 e. The highest BCUT2D eigenvalue weighted by Crippen LogP contribution is 2.32. The second-order valence-electron chi connectivity index (χ2n) is 6.92. The van der Waals surface area contributed by atoms with E-state index < -0.39 is 10.0 Å². The van der Waals surface area contributed by atoms with Crippen LogP contribution in [0.25, 0.3) is 0 Å². The van der Waals surface area contributed by atoms with Crippen LogP contribution in [0.2, 0.25) is 0 Å². The van der Waals surface area contributed by atoms with Crippen LogP contribution >= 0.6 is 0 Å². The Morgan fingerprint density at radius 2 is 1.84 bits per heavy atom. The van der Waals surface area contributed by atoms with Crippen LogP contribution in [0.4, 0.5) is 5.69 Å². The van der Waals surface area contributed by atoms with Crippen LogP contribution < -0.4 is 19.2 Å². The van der Waals surface area contributed by atoms with E-state index in [4.69, 9.17) is 15.9 Å². The first kappa shape index (κ1) is 22.2. The van der Waals surface area contributed by atoms with Gasteiger partial charge < -0.3 is 9.47 Å². The number of carbonyl (C=O) groups is 1. The van der Waals surface area contributed by atoms with Crippen molar-refractivity contribution in [1.82, 2.24) is 5.43 Å². The molecule has 1 aliphatic heterocycles. The highest BCUT2D eigenvalue weighted by atomic mass is 32.2. The molecule has 1 amide bonds. The van der Waals surface area contributed by atoms with Crippen LogP contribution in [-0.2, 0) is 14.8 Å². The smallest absolute Gasteiger partial charge is 0.265 e. The summed E-state index contributed by atoms with van der Waals surface area (Å²) in [5.41, 5.74) is 4.41. The van der Waals surface area contributed by atoms with Gasteiger partial charge in [0.05, 0.1) is 37.1 Å². The first-order valence-corrected chi connectivity index (χ1v) is 10.9. The third-order valence-corrected chi connectivity index (χ3v) is 6.66. The number of benzene rings is 2. The summed E-state index contributed by atoms with van der Waals surface area (Å²) in [7, 11) is -1.05. The Balaban J connectivity index is 1.97. The lowest BCUT2D eigenvalue weighted by Gasteiger charge is -2.24. The number of nitrogens with one attached hydrogen (secondary N) is 1. The monoisotopic (exact) mass is 441 g/mol. The van der Waals surface area contributed by atoms with E-state index in [1.807, 2.05) is 6.92 Å². The van der Waals surface area contributed by atoms with Crippen LogP contribution in [0.15, 0.2) is 52.5 Å². The number of terminal acetylenes is 1. The van der Waals surface area contributed by atoms with Gasteiger partial charge in [0.1, 0.15) is 0 Å². The predicted octanol–water partition coefficient (Wildman–Crippen LogP) is 2.39. The standard InChI is InChI=1S/C22H23N3O5S/c1-5-12-25(31(27,28)18-10-11-19(29-3)20(14-18)30-4)17-8-6-16(7-9-17)22-15(2)13-21(26)23-24-22/h1,6-11,14-15H,12-13H2,2-4H3,(H,23,26). The molecule has 0 bridgehead atoms. The minimum atomic E-state index is -3.96. The van der Waals surface area contributed by atoms with Gasteiger partial charge >= 0.3 is 0 Å². The number of sulfonamides is 1. The number of anilines is 1. The maximum Gasteiger partial charge on any atom is 0.265 e. The van der Waals surface area contributed by atoms with Crippen molar-refractivity contribution in [3.05, 3.63) is 48.0 Å². The molecule has 8 nitrogen and oxygen atoms in total. The van der Waals surface area contributed by atoms with Crippen LogP contribution in [0, 0.1) is 18.3 Å². The van der Waals surface area contributed by atoms with Crippen molar-refractivity contribution in [3.8, 4) is 23.8 Å². The Hall–Kier alpha value is -3.51. The lowest BCUT2D eigenvalue weighted by Crippen LogP contribution is -2.32. The fourth-order valence-corrected chi connectivity index (χ4v) is 4.70. The van der Waals surface area contributed by atoms with Gasteiger partial charge in [0.15, 0.2) is 11.5 Å². The average molecular weight is 442 g/mol. The first-order chi connectivity index (χ1) is 14.8. The van der Waals surface area contributed by atoms with E-state index in [1.54, 1.807) is 24.3 Å². The molecule has 1 atom stereocenters. The SMILES string of the molecule is C#CCN(c1ccc(C2=NNC(=O)CC2C)cc1)S(=O)(=O)c1ccc(OC)c(OC)c1. The van der Waals surface area contributed by atoms with Gasteiger partial charge in [-0.25, -0.2) is 13.8 Å². The molecular formula is C22H23N3O5S. The molecule has 3 rings (SSSR count). The summed E-state index contributed by atoms with van der Waals surface area (Å²) < 4.78 is 38.2. The summed E-state index contributed by atoms with van der Waals surface area (Å²) in [6.07, 6.45) is 5.81. The highest BCUT2D eigenvalue weighted by molar-refractivity contribution is 7.92. The minimum absolute atomic E-state index is 0.0254. The van der Waals surface area contributed by atoms with E-state index >= 15 is 0 Å². The predicted molar refractivity (Wildman–Crippen MR) is 118 cm³/mol. The van der Waals surface area contributed by atoms with Gasteiger partial charge in [0.2, 0.25) is 5.91 Å². The molecule has 0 aromatic heterocycles. The maximum atomic E-state index is 13.3. The number of ether oxygens (including phenoxy) is 2. The molecule has 0 spiro atoms. The molecular weight excluding hydrogens is 418 g/mol. The van der Waals surface area contributed by atoms with E-state index in [0.717, 1.165) is 15.6 Å². The van der Waals surface area contributed by atoms with Crippen molar-refractivity contribution in [3.63, 3.8) is 0 Å². The molecule has 1 N–H and O–H groups in total. The Kier molecular flexibility index (Phi) is 6.51. The third kappa shape index (κ3) is 4.49. The number of amides is 1. The lowest BCUT2D eigenvalue weighted by molar-refractivity contribution is -0.121. The number of methoxy groups -OCH3 is 2. The Morgan fingerprint density at radius 3 is 2.42 bits per heavy atom. The number of rotatable bonds is 7. The van der Waals surface area contributed by atoms with Crippen molar-refractivity contribution in [2.75, 3.05) is 25.1 Å². The molecule has 2 aromatic rings. The van der Waals surface area contributed by atoms with Crippen LogP contribution in [0.1, 0.15) is 18.9 Å². The van der Waals surface area contributed by atoms with Gasteiger partial charge in [-0.15, -0.1) is 6.42 Å². The molecule has 1 heterocycles. The molecule has 1 unspecified atom stereocenters. The summed E-state index contributed by atoms with van der Waals surface area (Å²) >= 11 is 0. The molecule has 1 aliphatic rings. The normalized spacial score (nSPS) is 16.0. The van der Waals surface area contributed by atoms with Crippen molar-refractivity contribution < 1.29 is 22.7 Å². The molecule has 0 saturated heterocycles. The maximum absolute atomic E-state index is 13.3.